The average Bonchev–Trinajstić information content (AvgIpc) is 2.86. The second-order valence-electron chi connectivity index (χ2n) is 7.79. The van der Waals surface area contributed by atoms with E-state index in [9.17, 15) is 0 Å². The number of rotatable bonds is 0. The Morgan fingerprint density at radius 3 is 2.62 bits per heavy atom. The van der Waals surface area contributed by atoms with E-state index in [0.29, 0.717) is 5.92 Å². The largest absolute Gasteiger partial charge is 0.375 e. The van der Waals surface area contributed by atoms with Gasteiger partial charge in [0.05, 0.1) is 5.54 Å². The van der Waals surface area contributed by atoms with Crippen LogP contribution in [0.3, 0.4) is 0 Å². The van der Waals surface area contributed by atoms with E-state index in [1.54, 1.807) is 0 Å². The van der Waals surface area contributed by atoms with Gasteiger partial charge in [-0.1, -0.05) is 57.2 Å². The van der Waals surface area contributed by atoms with E-state index in [1.165, 1.54) is 27.9 Å². The third kappa shape index (κ3) is 1.70. The summed E-state index contributed by atoms with van der Waals surface area (Å²) >= 11 is 0. The van der Waals surface area contributed by atoms with Crippen molar-refractivity contribution in [3.63, 3.8) is 0 Å². The first kappa shape index (κ1) is 12.9. The van der Waals surface area contributed by atoms with Crippen LogP contribution in [-0.2, 0) is 17.4 Å². The van der Waals surface area contributed by atoms with Crippen molar-refractivity contribution in [2.45, 2.75) is 51.0 Å². The molecule has 108 valence electrons. The lowest BCUT2D eigenvalue weighted by Gasteiger charge is -2.27. The molecule has 0 saturated heterocycles. The molecule has 1 nitrogen and oxygen atoms in total. The molecule has 0 radical (unpaired) electrons. The Morgan fingerprint density at radius 1 is 1.10 bits per heavy atom. The number of nitrogens with one attached hydrogen (secondary N) is 1. The number of anilines is 1. The van der Waals surface area contributed by atoms with Crippen LogP contribution in [0.1, 0.15) is 55.9 Å². The minimum atomic E-state index is 0.0649. The van der Waals surface area contributed by atoms with Crippen LogP contribution in [0.4, 0.5) is 5.69 Å². The Morgan fingerprint density at radius 2 is 1.86 bits per heavy atom. The Labute approximate surface area is 127 Å². The van der Waals surface area contributed by atoms with E-state index >= 15 is 0 Å². The van der Waals surface area contributed by atoms with E-state index < -0.39 is 0 Å². The molecule has 0 fully saturated rings. The highest BCUT2D eigenvalue weighted by molar-refractivity contribution is 5.67. The van der Waals surface area contributed by atoms with Crippen molar-refractivity contribution in [1.82, 2.24) is 0 Å². The fourth-order valence-corrected chi connectivity index (χ4v) is 4.10. The molecule has 21 heavy (non-hydrogen) atoms. The molecule has 1 N–H and O–H groups in total. The molecule has 0 bridgehead atoms. The van der Waals surface area contributed by atoms with Gasteiger partial charge in [0.25, 0.3) is 0 Å². The molecule has 2 aromatic rings. The Hall–Kier alpha value is -1.76. The molecule has 1 heteroatoms. The van der Waals surface area contributed by atoms with Gasteiger partial charge in [0, 0.05) is 11.6 Å². The molecule has 2 aliphatic rings. The Bertz CT molecular complexity index is 723. The van der Waals surface area contributed by atoms with E-state index in [2.05, 4.69) is 75.5 Å². The number of benzene rings is 2. The molecule has 0 saturated carbocycles. The van der Waals surface area contributed by atoms with Crippen molar-refractivity contribution in [3.05, 3.63) is 64.7 Å². The predicted octanol–water partition coefficient (Wildman–Crippen LogP) is 4.96. The van der Waals surface area contributed by atoms with Crippen molar-refractivity contribution in [2.24, 2.45) is 0 Å². The summed E-state index contributed by atoms with van der Waals surface area (Å²) in [4.78, 5) is 0. The number of fused-ring (bicyclic) bond motifs is 5. The molecule has 1 aliphatic heterocycles. The van der Waals surface area contributed by atoms with Crippen molar-refractivity contribution >= 4 is 5.69 Å². The molecule has 2 aromatic carbocycles. The monoisotopic (exact) mass is 277 g/mol. The summed E-state index contributed by atoms with van der Waals surface area (Å²) in [6.45, 7) is 9.24. The molecular formula is C20H23N. The third-order valence-electron chi connectivity index (χ3n) is 5.39. The highest BCUT2D eigenvalue weighted by Crippen LogP contribution is 2.55. The topological polar surface area (TPSA) is 12.0 Å². The summed E-state index contributed by atoms with van der Waals surface area (Å²) in [5.41, 5.74) is 7.51. The molecule has 2 atom stereocenters. The summed E-state index contributed by atoms with van der Waals surface area (Å²) in [6, 6.07) is 15.9. The first-order valence-corrected chi connectivity index (χ1v) is 7.90. The van der Waals surface area contributed by atoms with E-state index in [1.807, 2.05) is 0 Å². The molecule has 2 unspecified atom stereocenters. The van der Waals surface area contributed by atoms with Gasteiger partial charge in [0.2, 0.25) is 0 Å². The minimum Gasteiger partial charge on any atom is -0.375 e. The third-order valence-corrected chi connectivity index (χ3v) is 5.39. The molecule has 0 spiro atoms. The van der Waals surface area contributed by atoms with Crippen LogP contribution in [0, 0.1) is 0 Å². The maximum absolute atomic E-state index is 3.81. The van der Waals surface area contributed by atoms with Gasteiger partial charge in [-0.3, -0.25) is 0 Å². The molecule has 0 amide bonds. The van der Waals surface area contributed by atoms with Gasteiger partial charge in [-0.15, -0.1) is 0 Å². The summed E-state index contributed by atoms with van der Waals surface area (Å²) in [5, 5.41) is 3.81. The average molecular weight is 277 g/mol. The fraction of sp³-hybridized carbons (Fsp3) is 0.400. The molecule has 1 aliphatic carbocycles. The lowest BCUT2D eigenvalue weighted by molar-refractivity contribution is 0.490. The standard InChI is InChI=1S/C20H23N/c1-19(2,3)14-9-10-18-15(12-14)17-11-13-7-5-6-8-16(13)20(17,4)21-18/h5-10,12,17,21H,11H2,1-4H3. The van der Waals surface area contributed by atoms with Crippen LogP contribution in [0.5, 0.6) is 0 Å². The lowest BCUT2D eigenvalue weighted by atomic mass is 9.81. The van der Waals surface area contributed by atoms with Crippen molar-refractivity contribution < 1.29 is 0 Å². The number of hydrogen-bond acceptors (Lipinski definition) is 1. The van der Waals surface area contributed by atoms with E-state index in [4.69, 9.17) is 0 Å². The molecule has 4 rings (SSSR count). The van der Waals surface area contributed by atoms with E-state index in [0.717, 1.165) is 6.42 Å². The highest BCUT2D eigenvalue weighted by Gasteiger charge is 2.49. The summed E-state index contributed by atoms with van der Waals surface area (Å²) in [5.74, 6) is 0.562. The summed E-state index contributed by atoms with van der Waals surface area (Å²) in [6.07, 6.45) is 1.15. The zero-order valence-corrected chi connectivity index (χ0v) is 13.3. The van der Waals surface area contributed by atoms with Crippen molar-refractivity contribution in [3.8, 4) is 0 Å². The SMILES string of the molecule is CC(C)(C)c1ccc2c(c1)C1Cc3ccccc3C1(C)N2. The molecule has 1 heterocycles. The second-order valence-corrected chi connectivity index (χ2v) is 7.79. The predicted molar refractivity (Wildman–Crippen MR) is 89.0 cm³/mol. The fourth-order valence-electron chi connectivity index (χ4n) is 4.10. The zero-order chi connectivity index (χ0) is 14.8. The van der Waals surface area contributed by atoms with Gasteiger partial charge >= 0.3 is 0 Å². The first-order chi connectivity index (χ1) is 9.89. The van der Waals surface area contributed by atoms with Crippen molar-refractivity contribution in [1.29, 1.82) is 0 Å². The van der Waals surface area contributed by atoms with Gasteiger partial charge < -0.3 is 5.32 Å². The van der Waals surface area contributed by atoms with Crippen molar-refractivity contribution in [2.75, 3.05) is 5.32 Å². The Balaban J connectivity index is 1.84. The van der Waals surface area contributed by atoms with Crippen LogP contribution in [0.25, 0.3) is 0 Å². The zero-order valence-electron chi connectivity index (χ0n) is 13.3. The van der Waals surface area contributed by atoms with Gasteiger partial charge in [0.1, 0.15) is 0 Å². The quantitative estimate of drug-likeness (QED) is 0.717. The summed E-state index contributed by atoms with van der Waals surface area (Å²) in [7, 11) is 0. The van der Waals surface area contributed by atoms with Gasteiger partial charge in [-0.25, -0.2) is 0 Å². The van der Waals surface area contributed by atoms with E-state index in [-0.39, 0.29) is 11.0 Å². The van der Waals surface area contributed by atoms with Gasteiger partial charge in [0.15, 0.2) is 0 Å². The molecular weight excluding hydrogens is 254 g/mol. The highest BCUT2D eigenvalue weighted by atomic mass is 15.0. The second kappa shape index (κ2) is 3.91. The maximum Gasteiger partial charge on any atom is 0.0672 e. The van der Waals surface area contributed by atoms with Gasteiger partial charge in [-0.2, -0.15) is 0 Å². The summed E-state index contributed by atoms with van der Waals surface area (Å²) < 4.78 is 0. The molecule has 0 aromatic heterocycles. The Kier molecular flexibility index (Phi) is 2.41. The van der Waals surface area contributed by atoms with Crippen LogP contribution < -0.4 is 5.32 Å². The van der Waals surface area contributed by atoms with Crippen LogP contribution in [0.2, 0.25) is 0 Å². The lowest BCUT2D eigenvalue weighted by Crippen LogP contribution is -2.29. The van der Waals surface area contributed by atoms with Crippen LogP contribution in [-0.4, -0.2) is 0 Å². The first-order valence-electron chi connectivity index (χ1n) is 7.90. The normalized spacial score (nSPS) is 26.0. The maximum atomic E-state index is 3.81. The van der Waals surface area contributed by atoms with Crippen LogP contribution >= 0.6 is 0 Å². The smallest absolute Gasteiger partial charge is 0.0672 e. The van der Waals surface area contributed by atoms with Crippen LogP contribution in [0.15, 0.2) is 42.5 Å². The number of hydrogen-bond donors (Lipinski definition) is 1. The minimum absolute atomic E-state index is 0.0649. The van der Waals surface area contributed by atoms with Gasteiger partial charge in [-0.05, 0) is 47.1 Å².